The molecule has 0 unspecified atom stereocenters. The molecule has 5 heteroatoms. The highest BCUT2D eigenvalue weighted by Crippen LogP contribution is 2.06. The molecule has 0 bridgehead atoms. The van der Waals surface area contributed by atoms with Crippen LogP contribution in [0.2, 0.25) is 0 Å². The fourth-order valence-corrected chi connectivity index (χ4v) is 1.15. The molecule has 68 valence electrons. The Hall–Kier alpha value is -1.49. The quantitative estimate of drug-likeness (QED) is 0.726. The van der Waals surface area contributed by atoms with Crippen molar-refractivity contribution in [2.75, 3.05) is 6.54 Å². The Morgan fingerprint density at radius 3 is 3.08 bits per heavy atom. The van der Waals surface area contributed by atoms with Crippen LogP contribution in [0, 0.1) is 5.82 Å². The van der Waals surface area contributed by atoms with E-state index in [0.29, 0.717) is 18.8 Å². The number of hydrogen-bond acceptors (Lipinski definition) is 3. The summed E-state index contributed by atoms with van der Waals surface area (Å²) in [6.45, 7) is 0.471. The minimum Gasteiger partial charge on any atom is -0.330 e. The Morgan fingerprint density at radius 1 is 1.54 bits per heavy atom. The summed E-state index contributed by atoms with van der Waals surface area (Å²) in [6.07, 6.45) is 2.23. The second-order valence-corrected chi connectivity index (χ2v) is 2.69. The first-order valence-corrected chi connectivity index (χ1v) is 4.01. The first-order chi connectivity index (χ1) is 6.31. The summed E-state index contributed by atoms with van der Waals surface area (Å²) in [5, 5.41) is 4.05. The van der Waals surface area contributed by atoms with Crippen LogP contribution in [0.25, 0.3) is 5.65 Å². The molecule has 2 aromatic heterocycles. The van der Waals surface area contributed by atoms with E-state index in [9.17, 15) is 4.39 Å². The monoisotopic (exact) mass is 180 g/mol. The zero-order valence-corrected chi connectivity index (χ0v) is 6.94. The molecule has 0 radical (unpaired) electrons. The smallest absolute Gasteiger partial charge is 0.191 e. The van der Waals surface area contributed by atoms with Gasteiger partial charge >= 0.3 is 0 Å². The lowest BCUT2D eigenvalue weighted by atomic mass is 10.4. The van der Waals surface area contributed by atoms with E-state index < -0.39 is 0 Å². The highest BCUT2D eigenvalue weighted by atomic mass is 19.1. The molecule has 0 aliphatic carbocycles. The number of nitrogens with zero attached hydrogens (tertiary/aromatic N) is 3. The third-order valence-corrected chi connectivity index (χ3v) is 1.73. The minimum atomic E-state index is -0.363. The number of nitrogens with two attached hydrogens (primary N) is 1. The molecule has 2 heterocycles. The Kier molecular flexibility index (Phi) is 1.94. The van der Waals surface area contributed by atoms with Gasteiger partial charge in [0.1, 0.15) is 0 Å². The van der Waals surface area contributed by atoms with Crippen LogP contribution in [0.15, 0.2) is 18.3 Å². The van der Waals surface area contributed by atoms with Crippen molar-refractivity contribution in [1.29, 1.82) is 0 Å². The summed E-state index contributed by atoms with van der Waals surface area (Å²) >= 11 is 0. The van der Waals surface area contributed by atoms with Crippen molar-refractivity contribution in [2.45, 2.75) is 6.42 Å². The van der Waals surface area contributed by atoms with E-state index in [1.807, 2.05) is 0 Å². The van der Waals surface area contributed by atoms with Gasteiger partial charge in [0, 0.05) is 12.6 Å². The second kappa shape index (κ2) is 3.10. The Labute approximate surface area is 74.2 Å². The van der Waals surface area contributed by atoms with Gasteiger partial charge in [0.25, 0.3) is 0 Å². The summed E-state index contributed by atoms with van der Waals surface area (Å²) in [4.78, 5) is 4.00. The average Bonchev–Trinajstić information content (AvgIpc) is 2.49. The SMILES string of the molecule is NCCc1nc2c(F)cccn2n1. The van der Waals surface area contributed by atoms with Crippen LogP contribution in [-0.2, 0) is 6.42 Å². The molecule has 0 aromatic carbocycles. The summed E-state index contributed by atoms with van der Waals surface area (Å²) in [5.41, 5.74) is 5.59. The number of rotatable bonds is 2. The Bertz CT molecular complexity index is 423. The first kappa shape index (κ1) is 8.12. The predicted molar refractivity (Wildman–Crippen MR) is 45.7 cm³/mol. The molecule has 0 fully saturated rings. The van der Waals surface area contributed by atoms with Crippen LogP contribution in [0.1, 0.15) is 5.82 Å². The molecule has 0 amide bonds. The van der Waals surface area contributed by atoms with Crippen LogP contribution in [0.4, 0.5) is 4.39 Å². The lowest BCUT2D eigenvalue weighted by molar-refractivity contribution is 0.627. The van der Waals surface area contributed by atoms with Gasteiger partial charge in [-0.2, -0.15) is 5.10 Å². The van der Waals surface area contributed by atoms with Crippen LogP contribution < -0.4 is 5.73 Å². The van der Waals surface area contributed by atoms with Crippen molar-refractivity contribution >= 4 is 5.65 Å². The average molecular weight is 180 g/mol. The molecule has 0 atom stereocenters. The van der Waals surface area contributed by atoms with Crippen LogP contribution in [0.5, 0.6) is 0 Å². The second-order valence-electron chi connectivity index (χ2n) is 2.69. The number of halogens is 1. The molecular formula is C8H9FN4. The summed E-state index contributed by atoms with van der Waals surface area (Å²) < 4.78 is 14.5. The molecule has 2 N–H and O–H groups in total. The van der Waals surface area contributed by atoms with Crippen molar-refractivity contribution in [3.05, 3.63) is 30.0 Å². The maximum Gasteiger partial charge on any atom is 0.191 e. The number of hydrogen-bond donors (Lipinski definition) is 1. The van der Waals surface area contributed by atoms with Gasteiger partial charge in [0.2, 0.25) is 0 Å². The van der Waals surface area contributed by atoms with E-state index in [-0.39, 0.29) is 11.5 Å². The van der Waals surface area contributed by atoms with Gasteiger partial charge in [-0.1, -0.05) is 0 Å². The largest absolute Gasteiger partial charge is 0.330 e. The van der Waals surface area contributed by atoms with Gasteiger partial charge in [0.15, 0.2) is 17.3 Å². The van der Waals surface area contributed by atoms with Crippen LogP contribution >= 0.6 is 0 Å². The molecule has 13 heavy (non-hydrogen) atoms. The zero-order valence-electron chi connectivity index (χ0n) is 6.94. The van der Waals surface area contributed by atoms with Crippen molar-refractivity contribution in [1.82, 2.24) is 14.6 Å². The lowest BCUT2D eigenvalue weighted by Crippen LogP contribution is -2.04. The fraction of sp³-hybridized carbons (Fsp3) is 0.250. The topological polar surface area (TPSA) is 56.2 Å². The summed E-state index contributed by atoms with van der Waals surface area (Å²) in [7, 11) is 0. The van der Waals surface area contributed by atoms with Gasteiger partial charge in [0.05, 0.1) is 0 Å². The Balaban J connectivity index is 2.55. The van der Waals surface area contributed by atoms with E-state index in [4.69, 9.17) is 5.73 Å². The van der Waals surface area contributed by atoms with E-state index in [1.54, 1.807) is 12.3 Å². The van der Waals surface area contributed by atoms with Gasteiger partial charge in [-0.25, -0.2) is 13.9 Å². The first-order valence-electron chi connectivity index (χ1n) is 4.01. The molecule has 4 nitrogen and oxygen atoms in total. The molecule has 0 aliphatic heterocycles. The van der Waals surface area contributed by atoms with Crippen LogP contribution in [0.3, 0.4) is 0 Å². The molecule has 0 aliphatic rings. The van der Waals surface area contributed by atoms with E-state index in [2.05, 4.69) is 10.1 Å². The number of aromatic nitrogens is 3. The number of pyridine rings is 1. The van der Waals surface area contributed by atoms with Gasteiger partial charge in [-0.05, 0) is 18.7 Å². The van der Waals surface area contributed by atoms with Crippen molar-refractivity contribution in [3.8, 4) is 0 Å². The highest BCUT2D eigenvalue weighted by Gasteiger charge is 2.05. The highest BCUT2D eigenvalue weighted by molar-refractivity contribution is 5.38. The fourth-order valence-electron chi connectivity index (χ4n) is 1.15. The third-order valence-electron chi connectivity index (χ3n) is 1.73. The summed E-state index contributed by atoms with van der Waals surface area (Å²) in [6, 6.07) is 2.94. The lowest BCUT2D eigenvalue weighted by Gasteiger charge is -1.89. The van der Waals surface area contributed by atoms with Gasteiger partial charge < -0.3 is 5.73 Å². The predicted octanol–water partition coefficient (Wildman–Crippen LogP) is 0.370. The van der Waals surface area contributed by atoms with Crippen LogP contribution in [-0.4, -0.2) is 21.1 Å². The zero-order chi connectivity index (χ0) is 9.26. The van der Waals surface area contributed by atoms with Crippen molar-refractivity contribution in [2.24, 2.45) is 5.73 Å². The van der Waals surface area contributed by atoms with Gasteiger partial charge in [-0.15, -0.1) is 0 Å². The Morgan fingerprint density at radius 2 is 2.38 bits per heavy atom. The third kappa shape index (κ3) is 1.38. The summed E-state index contributed by atoms with van der Waals surface area (Å²) in [5.74, 6) is 0.214. The van der Waals surface area contributed by atoms with E-state index in [0.717, 1.165) is 0 Å². The van der Waals surface area contributed by atoms with Crippen molar-refractivity contribution < 1.29 is 4.39 Å². The molecule has 2 aromatic rings. The molecule has 0 saturated heterocycles. The number of fused-ring (bicyclic) bond motifs is 1. The van der Waals surface area contributed by atoms with Gasteiger partial charge in [-0.3, -0.25) is 0 Å². The molecular weight excluding hydrogens is 171 g/mol. The van der Waals surface area contributed by atoms with Crippen molar-refractivity contribution in [3.63, 3.8) is 0 Å². The minimum absolute atomic E-state index is 0.256. The maximum absolute atomic E-state index is 13.1. The molecule has 0 spiro atoms. The normalized spacial score (nSPS) is 10.9. The molecule has 0 saturated carbocycles. The van der Waals surface area contributed by atoms with E-state index in [1.165, 1.54) is 10.6 Å². The molecule has 2 rings (SSSR count). The van der Waals surface area contributed by atoms with E-state index >= 15 is 0 Å². The standard InChI is InChI=1S/C8H9FN4/c9-6-2-1-5-13-8(6)11-7(12-13)3-4-10/h1-2,5H,3-4,10H2. The maximum atomic E-state index is 13.1.